The van der Waals surface area contributed by atoms with Crippen LogP contribution in [0, 0.1) is 17.0 Å². The molecule has 0 unspecified atom stereocenters. The van der Waals surface area contributed by atoms with Crippen LogP contribution in [-0.2, 0) is 4.74 Å². The number of anilines is 1. The molecule has 2 aromatic rings. The van der Waals surface area contributed by atoms with Crippen LogP contribution in [-0.4, -0.2) is 17.5 Å². The number of nitrogens with two attached hydrogens (primary N) is 1. The van der Waals surface area contributed by atoms with Crippen LogP contribution in [0.4, 0.5) is 10.7 Å². The Kier molecular flexibility index (Phi) is 4.23. The van der Waals surface area contributed by atoms with E-state index in [9.17, 15) is 14.9 Å². The second-order valence-electron chi connectivity index (χ2n) is 4.37. The highest BCUT2D eigenvalue weighted by molar-refractivity contribution is 7.14. The lowest BCUT2D eigenvalue weighted by molar-refractivity contribution is -0.385. The molecule has 0 spiro atoms. The number of esters is 1. The molecule has 0 fully saturated rings. The van der Waals surface area contributed by atoms with Gasteiger partial charge in [-0.3, -0.25) is 10.1 Å². The van der Waals surface area contributed by atoms with Crippen molar-refractivity contribution in [1.29, 1.82) is 0 Å². The van der Waals surface area contributed by atoms with E-state index in [1.807, 2.05) is 0 Å². The molecule has 0 saturated carbocycles. The summed E-state index contributed by atoms with van der Waals surface area (Å²) in [5, 5.41) is 13.1. The summed E-state index contributed by atoms with van der Waals surface area (Å²) in [7, 11) is 0. The van der Waals surface area contributed by atoms with E-state index in [-0.39, 0.29) is 17.9 Å². The van der Waals surface area contributed by atoms with Crippen LogP contribution < -0.4 is 5.73 Å². The van der Waals surface area contributed by atoms with Crippen LogP contribution >= 0.6 is 11.3 Å². The highest BCUT2D eigenvalue weighted by atomic mass is 32.1. The third-order valence-electron chi connectivity index (χ3n) is 3.02. The Labute approximate surface area is 125 Å². The number of carbonyl (C=O) groups excluding carboxylic acids is 1. The summed E-state index contributed by atoms with van der Waals surface area (Å²) in [6.07, 6.45) is 0. The second kappa shape index (κ2) is 5.92. The number of nitrogen functional groups attached to an aromatic ring is 1. The lowest BCUT2D eigenvalue weighted by Crippen LogP contribution is -2.07. The van der Waals surface area contributed by atoms with Crippen LogP contribution in [0.5, 0.6) is 0 Å². The number of nitro benzene ring substituents is 1. The van der Waals surface area contributed by atoms with E-state index < -0.39 is 10.9 Å². The quantitative estimate of drug-likeness (QED) is 0.530. The van der Waals surface area contributed by atoms with Crippen molar-refractivity contribution < 1.29 is 14.5 Å². The minimum Gasteiger partial charge on any atom is -0.462 e. The Balaban J connectivity index is 2.55. The standard InChI is InChI=1S/C14H14N2O4S/c1-3-20-14(17)12-10(7-21-13(12)15)9-5-4-8(2)11(6-9)16(18)19/h4-7H,3,15H2,1-2H3. The molecule has 110 valence electrons. The molecule has 0 aliphatic carbocycles. The van der Waals surface area contributed by atoms with Crippen molar-refractivity contribution in [1.82, 2.24) is 0 Å². The van der Waals surface area contributed by atoms with Gasteiger partial charge in [0.1, 0.15) is 10.6 Å². The van der Waals surface area contributed by atoms with E-state index in [0.717, 1.165) is 0 Å². The van der Waals surface area contributed by atoms with Gasteiger partial charge < -0.3 is 10.5 Å². The molecule has 0 radical (unpaired) electrons. The maximum Gasteiger partial charge on any atom is 0.341 e. The van der Waals surface area contributed by atoms with Gasteiger partial charge in [-0.05, 0) is 19.4 Å². The number of hydrogen-bond acceptors (Lipinski definition) is 6. The van der Waals surface area contributed by atoms with E-state index in [1.165, 1.54) is 17.4 Å². The third-order valence-corrected chi connectivity index (χ3v) is 3.83. The number of thiophene rings is 1. The highest BCUT2D eigenvalue weighted by Crippen LogP contribution is 2.36. The number of nitro groups is 1. The first-order valence-electron chi connectivity index (χ1n) is 6.25. The van der Waals surface area contributed by atoms with E-state index in [2.05, 4.69) is 0 Å². The molecular formula is C14H14N2O4S. The zero-order chi connectivity index (χ0) is 15.6. The van der Waals surface area contributed by atoms with Crippen molar-refractivity contribution in [3.63, 3.8) is 0 Å². The molecule has 1 aromatic carbocycles. The Morgan fingerprint density at radius 3 is 2.81 bits per heavy atom. The molecule has 0 amide bonds. The topological polar surface area (TPSA) is 95.5 Å². The van der Waals surface area contributed by atoms with Gasteiger partial charge in [0.25, 0.3) is 5.69 Å². The number of hydrogen-bond donors (Lipinski definition) is 1. The van der Waals surface area contributed by atoms with Gasteiger partial charge in [-0.25, -0.2) is 4.79 Å². The first kappa shape index (κ1) is 15.0. The largest absolute Gasteiger partial charge is 0.462 e. The normalized spacial score (nSPS) is 10.4. The van der Waals surface area contributed by atoms with Crippen LogP contribution in [0.15, 0.2) is 23.6 Å². The fourth-order valence-electron chi connectivity index (χ4n) is 1.97. The molecule has 2 rings (SSSR count). The van der Waals surface area contributed by atoms with Crippen molar-refractivity contribution >= 4 is 28.0 Å². The van der Waals surface area contributed by atoms with E-state index in [4.69, 9.17) is 10.5 Å². The first-order chi connectivity index (χ1) is 9.95. The number of ether oxygens (including phenoxy) is 1. The smallest absolute Gasteiger partial charge is 0.341 e. The first-order valence-corrected chi connectivity index (χ1v) is 7.13. The molecule has 1 heterocycles. The molecule has 7 heteroatoms. The number of carbonyl (C=O) groups is 1. The van der Waals surface area contributed by atoms with E-state index in [0.29, 0.717) is 21.7 Å². The van der Waals surface area contributed by atoms with Crippen LogP contribution in [0.25, 0.3) is 11.1 Å². The minimum absolute atomic E-state index is 0.00656. The zero-order valence-electron chi connectivity index (χ0n) is 11.6. The maximum atomic E-state index is 12.0. The van der Waals surface area contributed by atoms with Crippen LogP contribution in [0.3, 0.4) is 0 Å². The van der Waals surface area contributed by atoms with Crippen molar-refractivity contribution in [2.75, 3.05) is 12.3 Å². The van der Waals surface area contributed by atoms with E-state index in [1.54, 1.807) is 31.4 Å². The van der Waals surface area contributed by atoms with Crippen LogP contribution in [0.1, 0.15) is 22.8 Å². The monoisotopic (exact) mass is 306 g/mol. The minimum atomic E-state index is -0.519. The van der Waals surface area contributed by atoms with Gasteiger partial charge in [0.15, 0.2) is 0 Å². The highest BCUT2D eigenvalue weighted by Gasteiger charge is 2.21. The maximum absolute atomic E-state index is 12.0. The van der Waals surface area contributed by atoms with Gasteiger partial charge in [0.05, 0.1) is 11.5 Å². The molecule has 0 bridgehead atoms. The fourth-order valence-corrected chi connectivity index (χ4v) is 2.78. The summed E-state index contributed by atoms with van der Waals surface area (Å²) in [5.41, 5.74) is 7.78. The second-order valence-corrected chi connectivity index (χ2v) is 5.28. The number of aryl methyl sites for hydroxylation is 1. The summed E-state index contributed by atoms with van der Waals surface area (Å²) < 4.78 is 4.98. The van der Waals surface area contributed by atoms with Crippen molar-refractivity contribution in [2.24, 2.45) is 0 Å². The summed E-state index contributed by atoms with van der Waals surface area (Å²) in [5.74, 6) is -0.519. The van der Waals surface area contributed by atoms with Gasteiger partial charge in [-0.2, -0.15) is 0 Å². The average molecular weight is 306 g/mol. The molecule has 0 aliphatic rings. The van der Waals surface area contributed by atoms with Gasteiger partial charge in [0, 0.05) is 22.6 Å². The van der Waals surface area contributed by atoms with Crippen LogP contribution in [0.2, 0.25) is 0 Å². The number of rotatable bonds is 4. The molecule has 1 aromatic heterocycles. The predicted molar refractivity (Wildman–Crippen MR) is 81.5 cm³/mol. The van der Waals surface area contributed by atoms with Gasteiger partial charge >= 0.3 is 5.97 Å². The lowest BCUT2D eigenvalue weighted by Gasteiger charge is -2.06. The Morgan fingerprint density at radius 1 is 1.48 bits per heavy atom. The SMILES string of the molecule is CCOC(=O)c1c(-c2ccc(C)c([N+](=O)[O-])c2)csc1N. The van der Waals surface area contributed by atoms with Gasteiger partial charge in [0.2, 0.25) is 0 Å². The fraction of sp³-hybridized carbons (Fsp3) is 0.214. The zero-order valence-corrected chi connectivity index (χ0v) is 12.4. The summed E-state index contributed by atoms with van der Waals surface area (Å²) in [6.45, 7) is 3.61. The molecule has 0 saturated heterocycles. The van der Waals surface area contributed by atoms with Gasteiger partial charge in [-0.1, -0.05) is 12.1 Å². The third kappa shape index (κ3) is 2.87. The summed E-state index contributed by atoms with van der Waals surface area (Å²) in [6, 6.07) is 4.82. The van der Waals surface area contributed by atoms with Crippen molar-refractivity contribution in [3.05, 3.63) is 44.8 Å². The van der Waals surface area contributed by atoms with E-state index >= 15 is 0 Å². The predicted octanol–water partition coefficient (Wildman–Crippen LogP) is 3.39. The molecule has 21 heavy (non-hydrogen) atoms. The van der Waals surface area contributed by atoms with Crippen molar-refractivity contribution in [3.8, 4) is 11.1 Å². The summed E-state index contributed by atoms with van der Waals surface area (Å²) >= 11 is 1.21. The number of benzene rings is 1. The molecular weight excluding hydrogens is 292 g/mol. The lowest BCUT2D eigenvalue weighted by atomic mass is 10.0. The Bertz CT molecular complexity index is 709. The average Bonchev–Trinajstić information content (AvgIpc) is 2.81. The Morgan fingerprint density at radius 2 is 2.19 bits per heavy atom. The molecule has 2 N–H and O–H groups in total. The Hall–Kier alpha value is -2.41. The summed E-state index contributed by atoms with van der Waals surface area (Å²) in [4.78, 5) is 22.6. The van der Waals surface area contributed by atoms with Crippen molar-refractivity contribution in [2.45, 2.75) is 13.8 Å². The molecule has 0 aliphatic heterocycles. The molecule has 6 nitrogen and oxygen atoms in total. The van der Waals surface area contributed by atoms with Gasteiger partial charge in [-0.15, -0.1) is 11.3 Å². The number of nitrogens with zero attached hydrogens (tertiary/aromatic N) is 1. The molecule has 0 atom stereocenters.